The van der Waals surface area contributed by atoms with E-state index in [1.54, 1.807) is 6.20 Å². The molecular weight excluding hydrogens is 262 g/mol. The molecule has 3 N–H and O–H groups in total. The van der Waals surface area contributed by atoms with Gasteiger partial charge in [-0.3, -0.25) is 4.79 Å². The largest absolute Gasteiger partial charge is 0.397 e. The summed E-state index contributed by atoms with van der Waals surface area (Å²) in [5, 5.41) is 3.03. The lowest BCUT2D eigenvalue weighted by molar-refractivity contribution is -0.132. The number of hydrogen-bond acceptors (Lipinski definition) is 3. The van der Waals surface area contributed by atoms with Gasteiger partial charge in [-0.2, -0.15) is 0 Å². The third kappa shape index (κ3) is 2.21. The molecular formula is C17H23N3O. The lowest BCUT2D eigenvalue weighted by Crippen LogP contribution is -2.49. The first-order chi connectivity index (χ1) is 10.1. The Morgan fingerprint density at radius 2 is 1.81 bits per heavy atom. The van der Waals surface area contributed by atoms with Crippen LogP contribution in [0.25, 0.3) is 0 Å². The van der Waals surface area contributed by atoms with E-state index in [0.29, 0.717) is 23.3 Å². The van der Waals surface area contributed by atoms with Gasteiger partial charge in [0.25, 0.3) is 0 Å². The number of nitrogen functional groups attached to an aromatic ring is 1. The highest BCUT2D eigenvalue weighted by molar-refractivity contribution is 5.92. The van der Waals surface area contributed by atoms with Crippen molar-refractivity contribution in [1.82, 2.24) is 4.98 Å². The van der Waals surface area contributed by atoms with Crippen molar-refractivity contribution < 1.29 is 4.79 Å². The molecule has 0 aliphatic heterocycles. The number of carbonyl (C=O) groups is 1. The zero-order valence-electron chi connectivity index (χ0n) is 12.5. The maximum atomic E-state index is 12.7. The summed E-state index contributed by atoms with van der Waals surface area (Å²) in [5.74, 6) is 4.03. The highest BCUT2D eigenvalue weighted by Gasteiger charge is 2.50. The Balaban J connectivity index is 1.51. The lowest BCUT2D eigenvalue weighted by Gasteiger charge is -2.53. The van der Waals surface area contributed by atoms with Gasteiger partial charge in [0.2, 0.25) is 5.91 Å². The van der Waals surface area contributed by atoms with Crippen LogP contribution in [0.15, 0.2) is 12.3 Å². The fraction of sp³-hybridized carbons (Fsp3) is 0.647. The van der Waals surface area contributed by atoms with E-state index in [4.69, 9.17) is 5.73 Å². The summed E-state index contributed by atoms with van der Waals surface area (Å²) in [6.07, 6.45) is 8.10. The number of pyridine rings is 1. The molecule has 0 unspecified atom stereocenters. The molecule has 112 valence electrons. The molecule has 1 aromatic rings. The van der Waals surface area contributed by atoms with Crippen molar-refractivity contribution in [2.24, 2.45) is 29.6 Å². The Labute approximate surface area is 125 Å². The SMILES string of the molecule is Cc1cc(NC(=O)C2C3CC4CC(C3)CC2C4)ncc1N. The standard InChI is InChI=1S/C17H23N3O/c1-9-2-15(19-8-14(9)18)20-17(21)16-12-4-10-3-11(6-12)7-13(16)5-10/h2,8,10-13,16H,3-7,18H2,1H3,(H,19,20,21). The minimum absolute atomic E-state index is 0.181. The predicted octanol–water partition coefficient (Wildman–Crippen LogP) is 2.98. The zero-order chi connectivity index (χ0) is 14.6. The number of nitrogens with two attached hydrogens (primary N) is 1. The molecule has 4 aliphatic rings. The first kappa shape index (κ1) is 13.1. The van der Waals surface area contributed by atoms with Crippen LogP contribution in [0.4, 0.5) is 11.5 Å². The van der Waals surface area contributed by atoms with Crippen LogP contribution in [0.3, 0.4) is 0 Å². The molecule has 4 aliphatic carbocycles. The molecule has 21 heavy (non-hydrogen) atoms. The normalized spacial score (nSPS) is 36.7. The number of amides is 1. The summed E-state index contributed by atoms with van der Waals surface area (Å²) < 4.78 is 0. The van der Waals surface area contributed by atoms with E-state index >= 15 is 0 Å². The van der Waals surface area contributed by atoms with Crippen LogP contribution >= 0.6 is 0 Å². The number of nitrogens with zero attached hydrogens (tertiary/aromatic N) is 1. The van der Waals surface area contributed by atoms with Gasteiger partial charge < -0.3 is 11.1 Å². The number of carbonyl (C=O) groups excluding carboxylic acids is 1. The van der Waals surface area contributed by atoms with Gasteiger partial charge in [0.15, 0.2) is 0 Å². The van der Waals surface area contributed by atoms with E-state index in [1.807, 2.05) is 13.0 Å². The zero-order valence-corrected chi connectivity index (χ0v) is 12.5. The summed E-state index contributed by atoms with van der Waals surface area (Å²) in [6.45, 7) is 1.94. The molecule has 4 fully saturated rings. The molecule has 4 saturated carbocycles. The average Bonchev–Trinajstić information content (AvgIpc) is 2.41. The highest BCUT2D eigenvalue weighted by atomic mass is 16.2. The minimum Gasteiger partial charge on any atom is -0.397 e. The number of nitrogens with one attached hydrogen (secondary N) is 1. The van der Waals surface area contributed by atoms with Gasteiger partial charge in [-0.05, 0) is 74.3 Å². The molecule has 1 heterocycles. The highest BCUT2D eigenvalue weighted by Crippen LogP contribution is 2.56. The van der Waals surface area contributed by atoms with E-state index in [0.717, 1.165) is 17.4 Å². The van der Waals surface area contributed by atoms with Crippen LogP contribution in [-0.2, 0) is 4.79 Å². The fourth-order valence-electron chi connectivity index (χ4n) is 5.20. The van der Waals surface area contributed by atoms with Gasteiger partial charge in [0, 0.05) is 5.92 Å². The second-order valence-electron chi connectivity index (χ2n) is 7.37. The Morgan fingerprint density at radius 1 is 1.19 bits per heavy atom. The first-order valence-electron chi connectivity index (χ1n) is 8.13. The third-order valence-corrected chi connectivity index (χ3v) is 5.93. The summed E-state index contributed by atoms with van der Waals surface area (Å²) in [5.41, 5.74) is 7.41. The molecule has 4 bridgehead atoms. The Hall–Kier alpha value is -1.58. The van der Waals surface area contributed by atoms with Crippen molar-refractivity contribution in [3.8, 4) is 0 Å². The summed E-state index contributed by atoms with van der Waals surface area (Å²) in [6, 6.07) is 1.86. The van der Waals surface area contributed by atoms with E-state index in [2.05, 4.69) is 10.3 Å². The van der Waals surface area contributed by atoms with Crippen LogP contribution in [-0.4, -0.2) is 10.9 Å². The molecule has 0 aromatic carbocycles. The fourth-order valence-corrected chi connectivity index (χ4v) is 5.20. The molecule has 4 heteroatoms. The number of aromatic nitrogens is 1. The second kappa shape index (κ2) is 4.72. The van der Waals surface area contributed by atoms with Gasteiger partial charge in [-0.15, -0.1) is 0 Å². The number of rotatable bonds is 2. The van der Waals surface area contributed by atoms with Crippen LogP contribution < -0.4 is 11.1 Å². The third-order valence-electron chi connectivity index (χ3n) is 5.93. The van der Waals surface area contributed by atoms with E-state index in [9.17, 15) is 4.79 Å². The first-order valence-corrected chi connectivity index (χ1v) is 8.13. The molecule has 0 spiro atoms. The van der Waals surface area contributed by atoms with E-state index in [-0.39, 0.29) is 11.8 Å². The predicted molar refractivity (Wildman–Crippen MR) is 82.6 cm³/mol. The van der Waals surface area contributed by atoms with Crippen molar-refractivity contribution >= 4 is 17.4 Å². The minimum atomic E-state index is 0.181. The summed E-state index contributed by atoms with van der Waals surface area (Å²) >= 11 is 0. The summed E-state index contributed by atoms with van der Waals surface area (Å²) in [4.78, 5) is 17.0. The van der Waals surface area contributed by atoms with E-state index in [1.165, 1.54) is 32.1 Å². The van der Waals surface area contributed by atoms with Gasteiger partial charge in [-0.1, -0.05) is 0 Å². The van der Waals surface area contributed by atoms with Crippen molar-refractivity contribution in [1.29, 1.82) is 0 Å². The number of anilines is 2. The average molecular weight is 285 g/mol. The number of aryl methyl sites for hydroxylation is 1. The van der Waals surface area contributed by atoms with Crippen LogP contribution in [0.2, 0.25) is 0 Å². The van der Waals surface area contributed by atoms with Gasteiger partial charge in [0.1, 0.15) is 5.82 Å². The van der Waals surface area contributed by atoms with Crippen LogP contribution in [0.1, 0.15) is 37.7 Å². The maximum Gasteiger partial charge on any atom is 0.229 e. The van der Waals surface area contributed by atoms with Gasteiger partial charge in [-0.25, -0.2) is 4.98 Å². The molecule has 1 aromatic heterocycles. The molecule has 5 rings (SSSR count). The molecule has 0 atom stereocenters. The lowest BCUT2D eigenvalue weighted by atomic mass is 9.51. The van der Waals surface area contributed by atoms with Crippen LogP contribution in [0, 0.1) is 36.5 Å². The Bertz CT molecular complexity index is 555. The summed E-state index contributed by atoms with van der Waals surface area (Å²) in [7, 11) is 0. The van der Waals surface area contributed by atoms with E-state index < -0.39 is 0 Å². The van der Waals surface area contributed by atoms with Crippen molar-refractivity contribution in [3.05, 3.63) is 17.8 Å². The van der Waals surface area contributed by atoms with Gasteiger partial charge >= 0.3 is 0 Å². The Morgan fingerprint density at radius 3 is 2.38 bits per heavy atom. The smallest absolute Gasteiger partial charge is 0.229 e. The Kier molecular flexibility index (Phi) is 2.95. The van der Waals surface area contributed by atoms with Crippen molar-refractivity contribution in [2.75, 3.05) is 11.1 Å². The molecule has 1 amide bonds. The monoisotopic (exact) mass is 285 g/mol. The van der Waals surface area contributed by atoms with Gasteiger partial charge in [0.05, 0.1) is 11.9 Å². The molecule has 0 saturated heterocycles. The topological polar surface area (TPSA) is 68.0 Å². The second-order valence-corrected chi connectivity index (χ2v) is 7.37. The van der Waals surface area contributed by atoms with Crippen molar-refractivity contribution in [3.63, 3.8) is 0 Å². The molecule has 0 radical (unpaired) electrons. The van der Waals surface area contributed by atoms with Crippen molar-refractivity contribution in [2.45, 2.75) is 39.0 Å². The number of hydrogen-bond donors (Lipinski definition) is 2. The maximum absolute atomic E-state index is 12.7. The molecule has 4 nitrogen and oxygen atoms in total. The van der Waals surface area contributed by atoms with Crippen LogP contribution in [0.5, 0.6) is 0 Å². The quantitative estimate of drug-likeness (QED) is 0.877.